The second-order valence-corrected chi connectivity index (χ2v) is 5.14. The average Bonchev–Trinajstić information content (AvgIpc) is 2.87. The molecule has 3 aromatic rings. The summed E-state index contributed by atoms with van der Waals surface area (Å²) in [6, 6.07) is 12.7. The molecule has 0 saturated heterocycles. The van der Waals surface area contributed by atoms with Crippen LogP contribution in [-0.4, -0.2) is 12.0 Å². The highest BCUT2D eigenvalue weighted by Gasteiger charge is 2.06. The van der Waals surface area contributed by atoms with Gasteiger partial charge in [-0.2, -0.15) is 0 Å². The summed E-state index contributed by atoms with van der Waals surface area (Å²) in [5.74, 6) is 0. The van der Waals surface area contributed by atoms with Gasteiger partial charge in [-0.1, -0.05) is 18.2 Å². The quantitative estimate of drug-likeness (QED) is 0.771. The minimum absolute atomic E-state index is 0.916. The summed E-state index contributed by atoms with van der Waals surface area (Å²) in [6.07, 6.45) is 1.84. The molecule has 0 bridgehead atoms. The number of hydrogen-bond donors (Lipinski definition) is 1. The van der Waals surface area contributed by atoms with Gasteiger partial charge in [0.2, 0.25) is 0 Å². The Morgan fingerprint density at radius 3 is 3.06 bits per heavy atom. The van der Waals surface area contributed by atoms with E-state index in [1.54, 1.807) is 11.3 Å². The van der Waals surface area contributed by atoms with Crippen LogP contribution in [0.1, 0.15) is 5.56 Å². The van der Waals surface area contributed by atoms with Crippen LogP contribution in [0.2, 0.25) is 0 Å². The first-order valence-electron chi connectivity index (χ1n) is 5.94. The molecule has 0 aliphatic rings. The molecule has 0 saturated carbocycles. The lowest BCUT2D eigenvalue weighted by atomic mass is 10.1. The highest BCUT2D eigenvalue weighted by Crippen LogP contribution is 2.32. The van der Waals surface area contributed by atoms with Gasteiger partial charge in [-0.3, -0.25) is 4.98 Å². The van der Waals surface area contributed by atoms with E-state index in [1.165, 1.54) is 21.4 Å². The molecule has 0 spiro atoms. The fraction of sp³-hybridized carbons (Fsp3) is 0.133. The summed E-state index contributed by atoms with van der Waals surface area (Å²) in [5, 5.41) is 6.61. The van der Waals surface area contributed by atoms with Gasteiger partial charge in [0.05, 0.1) is 5.52 Å². The molecule has 3 rings (SSSR count). The molecule has 2 aromatic heterocycles. The Balaban J connectivity index is 2.12. The number of nitrogens with zero attached hydrogens (tertiary/aromatic N) is 1. The van der Waals surface area contributed by atoms with Crippen molar-refractivity contribution in [3.8, 4) is 10.4 Å². The molecular weight excluding hydrogens is 240 g/mol. The first-order valence-corrected chi connectivity index (χ1v) is 6.82. The Labute approximate surface area is 110 Å². The van der Waals surface area contributed by atoms with Gasteiger partial charge in [0, 0.05) is 28.6 Å². The summed E-state index contributed by atoms with van der Waals surface area (Å²) in [6.45, 7) is 0.916. The normalized spacial score (nSPS) is 10.9. The number of thiophene rings is 1. The summed E-state index contributed by atoms with van der Waals surface area (Å²) in [5.41, 5.74) is 3.66. The van der Waals surface area contributed by atoms with E-state index < -0.39 is 0 Å². The van der Waals surface area contributed by atoms with Crippen LogP contribution < -0.4 is 5.32 Å². The van der Waals surface area contributed by atoms with Crippen LogP contribution in [0.3, 0.4) is 0 Å². The van der Waals surface area contributed by atoms with Crippen molar-refractivity contribution in [3.63, 3.8) is 0 Å². The monoisotopic (exact) mass is 254 g/mol. The Hall–Kier alpha value is -1.71. The van der Waals surface area contributed by atoms with Crippen LogP contribution in [0.4, 0.5) is 0 Å². The summed E-state index contributed by atoms with van der Waals surface area (Å²) in [7, 11) is 1.97. The highest BCUT2D eigenvalue weighted by atomic mass is 32.1. The SMILES string of the molecule is CNCc1csc(-c2cccc3ncccc23)c1. The number of aromatic nitrogens is 1. The van der Waals surface area contributed by atoms with Crippen molar-refractivity contribution in [2.75, 3.05) is 7.05 Å². The number of nitrogens with one attached hydrogen (secondary N) is 1. The van der Waals surface area contributed by atoms with E-state index in [1.807, 2.05) is 19.3 Å². The van der Waals surface area contributed by atoms with Gasteiger partial charge in [0.15, 0.2) is 0 Å². The van der Waals surface area contributed by atoms with Crippen molar-refractivity contribution in [3.05, 3.63) is 53.5 Å². The Morgan fingerprint density at radius 1 is 1.22 bits per heavy atom. The van der Waals surface area contributed by atoms with Crippen molar-refractivity contribution >= 4 is 22.2 Å². The Kier molecular flexibility index (Phi) is 3.09. The minimum Gasteiger partial charge on any atom is -0.316 e. The number of fused-ring (bicyclic) bond motifs is 1. The first kappa shape index (κ1) is 11.4. The summed E-state index contributed by atoms with van der Waals surface area (Å²) >= 11 is 1.79. The van der Waals surface area contributed by atoms with Crippen molar-refractivity contribution in [1.29, 1.82) is 0 Å². The third-order valence-electron chi connectivity index (χ3n) is 2.95. The maximum Gasteiger partial charge on any atom is 0.0708 e. The zero-order valence-corrected chi connectivity index (χ0v) is 11.0. The molecule has 0 aliphatic heterocycles. The highest BCUT2D eigenvalue weighted by molar-refractivity contribution is 7.13. The van der Waals surface area contributed by atoms with Gasteiger partial charge in [-0.15, -0.1) is 11.3 Å². The van der Waals surface area contributed by atoms with Gasteiger partial charge in [0.1, 0.15) is 0 Å². The lowest BCUT2D eigenvalue weighted by Gasteiger charge is -2.03. The summed E-state index contributed by atoms with van der Waals surface area (Å²) in [4.78, 5) is 5.71. The number of rotatable bonds is 3. The van der Waals surface area contributed by atoms with Gasteiger partial charge in [-0.25, -0.2) is 0 Å². The van der Waals surface area contributed by atoms with Gasteiger partial charge >= 0.3 is 0 Å². The largest absolute Gasteiger partial charge is 0.316 e. The fourth-order valence-corrected chi connectivity index (χ4v) is 3.09. The van der Waals surface area contributed by atoms with Crippen molar-refractivity contribution in [2.24, 2.45) is 0 Å². The molecule has 18 heavy (non-hydrogen) atoms. The first-order chi connectivity index (χ1) is 8.88. The van der Waals surface area contributed by atoms with E-state index in [9.17, 15) is 0 Å². The zero-order chi connectivity index (χ0) is 12.4. The molecule has 0 aliphatic carbocycles. The molecule has 2 heterocycles. The predicted octanol–water partition coefficient (Wildman–Crippen LogP) is 3.68. The van der Waals surface area contributed by atoms with Crippen molar-refractivity contribution in [2.45, 2.75) is 6.54 Å². The lowest BCUT2D eigenvalue weighted by molar-refractivity contribution is 0.821. The maximum absolute atomic E-state index is 4.40. The minimum atomic E-state index is 0.916. The molecule has 0 unspecified atom stereocenters. The Bertz CT molecular complexity index is 668. The molecule has 2 nitrogen and oxygen atoms in total. The van der Waals surface area contributed by atoms with Crippen LogP contribution in [0.25, 0.3) is 21.3 Å². The van der Waals surface area contributed by atoms with E-state index in [4.69, 9.17) is 0 Å². The standard InChI is InChI=1S/C15H14N2S/c1-16-9-11-8-15(18-10-11)13-4-2-6-14-12(13)5-3-7-17-14/h2-8,10,16H,9H2,1H3. The fourth-order valence-electron chi connectivity index (χ4n) is 2.13. The number of hydrogen-bond acceptors (Lipinski definition) is 3. The molecule has 0 atom stereocenters. The zero-order valence-electron chi connectivity index (χ0n) is 10.2. The summed E-state index contributed by atoms with van der Waals surface area (Å²) < 4.78 is 0. The molecule has 0 radical (unpaired) electrons. The molecule has 90 valence electrons. The van der Waals surface area contributed by atoms with Gasteiger partial charge < -0.3 is 5.32 Å². The predicted molar refractivity (Wildman–Crippen MR) is 77.8 cm³/mol. The molecule has 1 N–H and O–H groups in total. The van der Waals surface area contributed by atoms with Crippen LogP contribution in [0.5, 0.6) is 0 Å². The second-order valence-electron chi connectivity index (χ2n) is 4.23. The second kappa shape index (κ2) is 4.88. The lowest BCUT2D eigenvalue weighted by Crippen LogP contribution is -2.03. The molecule has 0 amide bonds. The average molecular weight is 254 g/mol. The van der Waals surface area contributed by atoms with Crippen LogP contribution in [-0.2, 0) is 6.54 Å². The molecule has 3 heteroatoms. The number of pyridine rings is 1. The van der Waals surface area contributed by atoms with E-state index in [0.717, 1.165) is 12.1 Å². The van der Waals surface area contributed by atoms with Gasteiger partial charge in [0.25, 0.3) is 0 Å². The van der Waals surface area contributed by atoms with Crippen LogP contribution >= 0.6 is 11.3 Å². The smallest absolute Gasteiger partial charge is 0.0708 e. The van der Waals surface area contributed by atoms with E-state index in [2.05, 4.69) is 46.0 Å². The molecular formula is C15H14N2S. The van der Waals surface area contributed by atoms with Crippen LogP contribution in [0.15, 0.2) is 48.0 Å². The van der Waals surface area contributed by atoms with E-state index in [-0.39, 0.29) is 0 Å². The third kappa shape index (κ3) is 2.03. The van der Waals surface area contributed by atoms with E-state index in [0.29, 0.717) is 0 Å². The van der Waals surface area contributed by atoms with Gasteiger partial charge in [-0.05, 0) is 36.2 Å². The van der Waals surface area contributed by atoms with E-state index >= 15 is 0 Å². The Morgan fingerprint density at radius 2 is 2.17 bits per heavy atom. The maximum atomic E-state index is 4.40. The molecule has 1 aromatic carbocycles. The molecule has 0 fully saturated rings. The number of benzene rings is 1. The third-order valence-corrected chi connectivity index (χ3v) is 3.96. The van der Waals surface area contributed by atoms with Crippen molar-refractivity contribution < 1.29 is 0 Å². The van der Waals surface area contributed by atoms with Crippen LogP contribution in [0, 0.1) is 0 Å². The van der Waals surface area contributed by atoms with Crippen molar-refractivity contribution in [1.82, 2.24) is 10.3 Å². The topological polar surface area (TPSA) is 24.9 Å².